The largest absolute Gasteiger partial charge is 0.497 e. The number of allylic oxidation sites excluding steroid dienone is 1. The standard InChI is InChI=1S/C38H48ClNO6S/c1-4-5-6-10-25-47(41,42)46-38(28-11-15-31(16-12-28)45-24-23-40-21-8-7-9-22-40)37-33(30-14-20-36(44-3)35(39)27-30)18-13-29-26-32(43-2)17-19-34(29)37/h11-12,14-17,19-20,26-27,38H,4-10,13,18,21-25H2,1-3H3. The van der Waals surface area contributed by atoms with E-state index in [1.807, 2.05) is 60.7 Å². The number of fused-ring (bicyclic) bond motifs is 1. The first-order valence-corrected chi connectivity index (χ1v) is 18.9. The van der Waals surface area contributed by atoms with Crippen LogP contribution in [0.4, 0.5) is 0 Å². The van der Waals surface area contributed by atoms with Crippen LogP contribution in [0.1, 0.15) is 86.6 Å². The van der Waals surface area contributed by atoms with Crippen LogP contribution < -0.4 is 14.2 Å². The number of methoxy groups -OCH3 is 2. The maximum absolute atomic E-state index is 13.6. The number of rotatable bonds is 16. The van der Waals surface area contributed by atoms with Crippen molar-refractivity contribution in [1.29, 1.82) is 0 Å². The quantitative estimate of drug-likeness (QED) is 0.111. The minimum atomic E-state index is -3.88. The number of unbranched alkanes of at least 4 members (excludes halogenated alkanes) is 3. The van der Waals surface area contributed by atoms with Gasteiger partial charge in [-0.1, -0.05) is 68.5 Å². The van der Waals surface area contributed by atoms with Gasteiger partial charge in [0.1, 0.15) is 30.0 Å². The summed E-state index contributed by atoms with van der Waals surface area (Å²) in [7, 11) is -0.636. The molecule has 0 radical (unpaired) electrons. The van der Waals surface area contributed by atoms with Crippen molar-refractivity contribution in [3.05, 3.63) is 87.9 Å². The summed E-state index contributed by atoms with van der Waals surface area (Å²) in [6.45, 7) is 5.85. The third-order valence-electron chi connectivity index (χ3n) is 9.13. The van der Waals surface area contributed by atoms with Gasteiger partial charge in [-0.05, 0) is 115 Å². The number of nitrogens with zero attached hydrogens (tertiary/aromatic N) is 1. The van der Waals surface area contributed by atoms with E-state index in [0.717, 1.165) is 90.2 Å². The minimum Gasteiger partial charge on any atom is -0.497 e. The summed E-state index contributed by atoms with van der Waals surface area (Å²) in [5, 5.41) is 0.490. The zero-order chi connectivity index (χ0) is 33.2. The van der Waals surface area contributed by atoms with E-state index in [4.69, 9.17) is 30.0 Å². The van der Waals surface area contributed by atoms with Gasteiger partial charge in [-0.25, -0.2) is 0 Å². The number of ether oxygens (including phenoxy) is 3. The number of benzene rings is 3. The van der Waals surface area contributed by atoms with Gasteiger partial charge < -0.3 is 14.2 Å². The number of aryl methyl sites for hydroxylation is 1. The van der Waals surface area contributed by atoms with E-state index in [1.165, 1.54) is 19.3 Å². The summed E-state index contributed by atoms with van der Waals surface area (Å²) in [6, 6.07) is 19.4. The molecule has 1 aliphatic carbocycles. The molecule has 0 saturated carbocycles. The molecule has 1 saturated heterocycles. The fourth-order valence-electron chi connectivity index (χ4n) is 6.56. The zero-order valence-electron chi connectivity index (χ0n) is 27.9. The Morgan fingerprint density at radius 1 is 0.851 bits per heavy atom. The fraction of sp³-hybridized carbons (Fsp3) is 0.474. The van der Waals surface area contributed by atoms with Crippen LogP contribution in [-0.2, 0) is 20.7 Å². The minimum absolute atomic E-state index is 0.0341. The average Bonchev–Trinajstić information content (AvgIpc) is 3.09. The molecule has 0 spiro atoms. The van der Waals surface area contributed by atoms with Crippen molar-refractivity contribution in [3.8, 4) is 17.2 Å². The summed E-state index contributed by atoms with van der Waals surface area (Å²) < 4.78 is 50.6. The molecule has 1 heterocycles. The molecule has 3 aromatic carbocycles. The second kappa shape index (κ2) is 16.9. The molecule has 0 aromatic heterocycles. The van der Waals surface area contributed by atoms with E-state index in [9.17, 15) is 8.42 Å². The Labute approximate surface area is 285 Å². The molecule has 9 heteroatoms. The van der Waals surface area contributed by atoms with Gasteiger partial charge in [-0.3, -0.25) is 9.08 Å². The Kier molecular flexibility index (Phi) is 12.7. The normalized spacial score (nSPS) is 16.1. The molecule has 2 aliphatic rings. The van der Waals surface area contributed by atoms with Crippen molar-refractivity contribution < 1.29 is 26.8 Å². The Balaban J connectivity index is 1.54. The third-order valence-corrected chi connectivity index (χ3v) is 10.7. The molecule has 1 aliphatic heterocycles. The molecule has 7 nitrogen and oxygen atoms in total. The van der Waals surface area contributed by atoms with Gasteiger partial charge in [-0.2, -0.15) is 8.42 Å². The van der Waals surface area contributed by atoms with Crippen molar-refractivity contribution in [3.63, 3.8) is 0 Å². The van der Waals surface area contributed by atoms with Crippen LogP contribution in [0.5, 0.6) is 17.2 Å². The van der Waals surface area contributed by atoms with Crippen molar-refractivity contribution in [2.75, 3.05) is 46.2 Å². The van der Waals surface area contributed by atoms with Crippen LogP contribution >= 0.6 is 11.6 Å². The third kappa shape index (κ3) is 9.32. The van der Waals surface area contributed by atoms with Crippen LogP contribution in [0.25, 0.3) is 11.1 Å². The van der Waals surface area contributed by atoms with E-state index in [1.54, 1.807) is 14.2 Å². The summed E-state index contributed by atoms with van der Waals surface area (Å²) in [4.78, 5) is 2.45. The maximum Gasteiger partial charge on any atom is 0.268 e. The number of likely N-dealkylation sites (tertiary alicyclic amines) is 1. The molecular weight excluding hydrogens is 634 g/mol. The number of hydrogen-bond acceptors (Lipinski definition) is 7. The SMILES string of the molecule is CCCCCCS(=O)(=O)OC(C1=C(c2ccc(OC)c(Cl)c2)CCc2cc(OC)ccc21)c1ccc(OCCN2CCCCC2)cc1. The highest BCUT2D eigenvalue weighted by Crippen LogP contribution is 2.47. The second-order valence-corrected chi connectivity index (χ2v) is 14.5. The first kappa shape index (κ1) is 35.3. The van der Waals surface area contributed by atoms with Crippen LogP contribution in [0.3, 0.4) is 0 Å². The van der Waals surface area contributed by atoms with Gasteiger partial charge >= 0.3 is 0 Å². The maximum atomic E-state index is 13.6. The van der Waals surface area contributed by atoms with Gasteiger partial charge in [-0.15, -0.1) is 0 Å². The predicted molar refractivity (Wildman–Crippen MR) is 190 cm³/mol. The first-order chi connectivity index (χ1) is 22.8. The van der Waals surface area contributed by atoms with Crippen molar-refractivity contribution in [2.24, 2.45) is 0 Å². The summed E-state index contributed by atoms with van der Waals surface area (Å²) >= 11 is 6.62. The summed E-state index contributed by atoms with van der Waals surface area (Å²) in [5.41, 5.74) is 5.45. The van der Waals surface area contributed by atoms with Crippen LogP contribution in [0.15, 0.2) is 60.7 Å². The lowest BCUT2D eigenvalue weighted by Gasteiger charge is -2.30. The van der Waals surface area contributed by atoms with Crippen LogP contribution in [-0.4, -0.2) is 59.5 Å². The number of piperidine rings is 1. The van der Waals surface area contributed by atoms with Crippen molar-refractivity contribution >= 4 is 32.9 Å². The summed E-state index contributed by atoms with van der Waals surface area (Å²) in [6.07, 6.45) is 7.76. The molecule has 5 rings (SSSR count). The lowest BCUT2D eigenvalue weighted by Crippen LogP contribution is -2.33. The Morgan fingerprint density at radius 2 is 1.62 bits per heavy atom. The highest BCUT2D eigenvalue weighted by atomic mass is 35.5. The Bertz CT molecular complexity index is 1620. The highest BCUT2D eigenvalue weighted by Gasteiger charge is 2.32. The molecule has 0 bridgehead atoms. The van der Waals surface area contributed by atoms with E-state index in [0.29, 0.717) is 30.2 Å². The monoisotopic (exact) mass is 681 g/mol. The van der Waals surface area contributed by atoms with Crippen molar-refractivity contribution in [2.45, 2.75) is 70.8 Å². The molecule has 1 unspecified atom stereocenters. The van der Waals surface area contributed by atoms with Gasteiger partial charge in [0.25, 0.3) is 10.1 Å². The topological polar surface area (TPSA) is 74.3 Å². The van der Waals surface area contributed by atoms with E-state index < -0.39 is 16.2 Å². The lowest BCUT2D eigenvalue weighted by molar-refractivity contribution is 0.183. The molecule has 254 valence electrons. The second-order valence-electron chi connectivity index (χ2n) is 12.4. The Morgan fingerprint density at radius 3 is 2.32 bits per heavy atom. The van der Waals surface area contributed by atoms with Crippen molar-refractivity contribution in [1.82, 2.24) is 4.90 Å². The predicted octanol–water partition coefficient (Wildman–Crippen LogP) is 8.75. The van der Waals surface area contributed by atoms with E-state index in [2.05, 4.69) is 11.8 Å². The summed E-state index contributed by atoms with van der Waals surface area (Å²) in [5.74, 6) is 2.05. The Hall–Kier alpha value is -3.04. The molecule has 0 amide bonds. The fourth-order valence-corrected chi connectivity index (χ4v) is 7.97. The van der Waals surface area contributed by atoms with E-state index >= 15 is 0 Å². The number of hydrogen-bond donors (Lipinski definition) is 0. The van der Waals surface area contributed by atoms with Gasteiger partial charge in [0.15, 0.2) is 0 Å². The van der Waals surface area contributed by atoms with Crippen LogP contribution in [0, 0.1) is 0 Å². The smallest absolute Gasteiger partial charge is 0.268 e. The van der Waals surface area contributed by atoms with Gasteiger partial charge in [0.2, 0.25) is 0 Å². The lowest BCUT2D eigenvalue weighted by atomic mass is 9.79. The number of halogens is 1. The van der Waals surface area contributed by atoms with E-state index in [-0.39, 0.29) is 5.75 Å². The molecule has 1 fully saturated rings. The molecule has 3 aromatic rings. The van der Waals surface area contributed by atoms with Gasteiger partial charge in [0.05, 0.1) is 25.0 Å². The highest BCUT2D eigenvalue weighted by molar-refractivity contribution is 7.86. The zero-order valence-corrected chi connectivity index (χ0v) is 29.5. The molecular formula is C38H48ClNO6S. The average molecular weight is 682 g/mol. The van der Waals surface area contributed by atoms with Gasteiger partial charge in [0, 0.05) is 6.54 Å². The molecule has 1 atom stereocenters. The first-order valence-electron chi connectivity index (χ1n) is 16.9. The molecule has 47 heavy (non-hydrogen) atoms. The van der Waals surface area contributed by atoms with Crippen LogP contribution in [0.2, 0.25) is 5.02 Å². The molecule has 0 N–H and O–H groups in total.